The predicted octanol–water partition coefficient (Wildman–Crippen LogP) is -0.106. The molecule has 48 valence electrons. The lowest BCUT2D eigenvalue weighted by atomic mass is 11.5. The van der Waals surface area contributed by atoms with Crippen molar-refractivity contribution in [1.82, 2.24) is 4.72 Å². The van der Waals surface area contributed by atoms with Crippen molar-refractivity contribution in [3.63, 3.8) is 0 Å². The van der Waals surface area contributed by atoms with E-state index in [1.807, 2.05) is 0 Å². The van der Waals surface area contributed by atoms with Crippen molar-refractivity contribution < 1.29 is 13.2 Å². The monoisotopic (exact) mass is 157 g/mol. The van der Waals surface area contributed by atoms with Crippen LogP contribution in [0.25, 0.3) is 0 Å². The molecule has 0 atom stereocenters. The fourth-order valence-corrected chi connectivity index (χ4v) is 0.858. The van der Waals surface area contributed by atoms with E-state index in [2.05, 4.69) is 11.6 Å². The van der Waals surface area contributed by atoms with Crippen LogP contribution in [0.2, 0.25) is 0 Å². The molecule has 0 heterocycles. The first-order valence-electron chi connectivity index (χ1n) is 1.59. The van der Waals surface area contributed by atoms with Gasteiger partial charge in [0.05, 0.1) is 6.26 Å². The Morgan fingerprint density at radius 2 is 2.00 bits per heavy atom. The highest BCUT2D eigenvalue weighted by molar-refractivity contribution is 7.89. The molecule has 1 N–H and O–H groups in total. The third-order valence-electron chi connectivity index (χ3n) is 0.266. The molecule has 0 rings (SSSR count). The molecule has 8 heavy (non-hydrogen) atoms. The summed E-state index contributed by atoms with van der Waals surface area (Å²) < 4.78 is 21.5. The van der Waals surface area contributed by atoms with Crippen molar-refractivity contribution >= 4 is 27.0 Å². The Bertz CT molecular complexity index is 183. The van der Waals surface area contributed by atoms with E-state index in [4.69, 9.17) is 0 Å². The van der Waals surface area contributed by atoms with E-state index in [9.17, 15) is 13.2 Å². The smallest absolute Gasteiger partial charge is 0.255 e. The van der Waals surface area contributed by atoms with Crippen LogP contribution in [-0.4, -0.2) is 20.0 Å². The van der Waals surface area contributed by atoms with Crippen LogP contribution in [0.1, 0.15) is 0 Å². The Morgan fingerprint density at radius 1 is 1.62 bits per heavy atom. The lowest BCUT2D eigenvalue weighted by molar-refractivity contribution is 0.264. The van der Waals surface area contributed by atoms with Crippen LogP contribution in [0, 0.1) is 0 Å². The minimum atomic E-state index is -3.45. The van der Waals surface area contributed by atoms with E-state index in [0.717, 1.165) is 6.26 Å². The summed E-state index contributed by atoms with van der Waals surface area (Å²) in [5.41, 5.74) is 0. The van der Waals surface area contributed by atoms with Crippen molar-refractivity contribution in [2.24, 2.45) is 0 Å². The number of hydrogen-bond donors (Lipinski definition) is 1. The highest BCUT2D eigenvalue weighted by Crippen LogP contribution is 1.79. The van der Waals surface area contributed by atoms with Gasteiger partial charge in [-0.05, 0) is 11.6 Å². The summed E-state index contributed by atoms with van der Waals surface area (Å²) in [7, 11) is -3.45. The maximum Gasteiger partial charge on any atom is 0.327 e. The van der Waals surface area contributed by atoms with Crippen molar-refractivity contribution in [1.29, 1.82) is 0 Å². The molecule has 6 heteroatoms. The van der Waals surface area contributed by atoms with Crippen LogP contribution in [0.4, 0.5) is 4.79 Å². The van der Waals surface area contributed by atoms with Gasteiger partial charge in [-0.2, -0.15) is 0 Å². The molecule has 0 aliphatic rings. The highest BCUT2D eigenvalue weighted by Gasteiger charge is 2.02. The third kappa shape index (κ3) is 5.71. The molecule has 0 aromatic rings. The largest absolute Gasteiger partial charge is 0.327 e. The number of sulfonamides is 1. The van der Waals surface area contributed by atoms with Crippen LogP contribution < -0.4 is 4.72 Å². The van der Waals surface area contributed by atoms with E-state index in [-0.39, 0.29) is 0 Å². The van der Waals surface area contributed by atoms with Gasteiger partial charge in [0.1, 0.15) is 0 Å². The summed E-state index contributed by atoms with van der Waals surface area (Å²) >= 11 is 4.63. The molecule has 0 spiro atoms. The first-order valence-corrected chi connectivity index (χ1v) is 3.86. The van der Waals surface area contributed by atoms with Gasteiger partial charge in [-0.15, -0.1) is 0 Å². The molecule has 0 radical (unpaired) electrons. The van der Waals surface area contributed by atoms with Crippen LogP contribution in [-0.2, 0) is 10.0 Å². The van der Waals surface area contributed by atoms with Crippen LogP contribution in [0.3, 0.4) is 0 Å². The normalized spacial score (nSPS) is 10.8. The molecule has 4 nitrogen and oxygen atoms in total. The van der Waals surface area contributed by atoms with Gasteiger partial charge in [0.25, 0.3) is 0 Å². The second-order valence-electron chi connectivity index (χ2n) is 1.15. The minimum Gasteiger partial charge on any atom is -0.255 e. The van der Waals surface area contributed by atoms with Crippen molar-refractivity contribution in [2.75, 3.05) is 6.26 Å². The van der Waals surface area contributed by atoms with Crippen molar-refractivity contribution in [2.45, 2.75) is 0 Å². The first kappa shape index (κ1) is 7.71. The lowest BCUT2D eigenvalue weighted by Crippen LogP contribution is -2.23. The Labute approximate surface area is 51.9 Å². The van der Waals surface area contributed by atoms with Crippen LogP contribution >= 0.6 is 11.6 Å². The Kier molecular flexibility index (Phi) is 2.24. The zero-order chi connectivity index (χ0) is 6.78. The van der Waals surface area contributed by atoms with E-state index in [0.29, 0.717) is 0 Å². The second-order valence-corrected chi connectivity index (χ2v) is 3.24. The SMILES string of the molecule is CS(=O)(=O)NC(=O)Cl. The summed E-state index contributed by atoms with van der Waals surface area (Å²) in [6.45, 7) is 0. The number of hydrogen-bond acceptors (Lipinski definition) is 3. The topological polar surface area (TPSA) is 63.2 Å². The van der Waals surface area contributed by atoms with E-state index >= 15 is 0 Å². The number of rotatable bonds is 1. The van der Waals surface area contributed by atoms with E-state index in [1.54, 1.807) is 0 Å². The molecule has 0 saturated heterocycles. The summed E-state index contributed by atoms with van der Waals surface area (Å²) in [4.78, 5) is 9.73. The number of nitrogens with one attached hydrogen (secondary N) is 1. The number of carbonyl (C=O) groups is 1. The summed E-state index contributed by atoms with van der Waals surface area (Å²) in [5, 5.41) is -1.09. The number of halogens is 1. The average molecular weight is 158 g/mol. The molecule has 0 bridgehead atoms. The molecular formula is C2H4ClNO3S. The Morgan fingerprint density at radius 3 is 2.00 bits per heavy atom. The van der Waals surface area contributed by atoms with Crippen molar-refractivity contribution in [3.8, 4) is 0 Å². The van der Waals surface area contributed by atoms with Gasteiger partial charge in [-0.1, -0.05) is 0 Å². The van der Waals surface area contributed by atoms with Gasteiger partial charge in [-0.25, -0.2) is 13.1 Å². The average Bonchev–Trinajstić information content (AvgIpc) is 1.21. The summed E-state index contributed by atoms with van der Waals surface area (Å²) in [6.07, 6.45) is 0.841. The molecule has 1 amide bonds. The maximum absolute atomic E-state index is 10.0. The van der Waals surface area contributed by atoms with Gasteiger partial charge in [0.15, 0.2) is 0 Å². The maximum atomic E-state index is 10.0. The highest BCUT2D eigenvalue weighted by atomic mass is 35.5. The summed E-state index contributed by atoms with van der Waals surface area (Å²) in [6, 6.07) is 0. The Hall–Kier alpha value is -0.290. The molecule has 0 aromatic heterocycles. The quantitative estimate of drug-likeness (QED) is 0.427. The molecule has 0 saturated carbocycles. The molecule has 0 aromatic carbocycles. The molecule has 0 fully saturated rings. The van der Waals surface area contributed by atoms with Gasteiger partial charge in [-0.3, -0.25) is 4.79 Å². The second kappa shape index (κ2) is 2.32. The van der Waals surface area contributed by atoms with Gasteiger partial charge >= 0.3 is 5.37 Å². The zero-order valence-electron chi connectivity index (χ0n) is 4.01. The van der Waals surface area contributed by atoms with Gasteiger partial charge < -0.3 is 0 Å². The van der Waals surface area contributed by atoms with E-state index < -0.39 is 15.4 Å². The first-order chi connectivity index (χ1) is 3.42. The minimum absolute atomic E-state index is 0.841. The molecule has 0 aliphatic carbocycles. The fourth-order valence-electron chi connectivity index (χ4n) is 0.146. The predicted molar refractivity (Wildman–Crippen MR) is 29.2 cm³/mol. The summed E-state index contributed by atoms with van der Waals surface area (Å²) in [5.74, 6) is 0. The van der Waals surface area contributed by atoms with Gasteiger partial charge in [0.2, 0.25) is 10.0 Å². The Balaban J connectivity index is 3.95. The number of amides is 1. The molecular weight excluding hydrogens is 154 g/mol. The number of carbonyl (C=O) groups excluding carboxylic acids is 1. The van der Waals surface area contributed by atoms with Gasteiger partial charge in [0, 0.05) is 0 Å². The molecule has 0 unspecified atom stereocenters. The standard InChI is InChI=1S/C2H4ClNO3S/c1-8(6,7)4-2(3)5/h1H3,(H,4,5). The van der Waals surface area contributed by atoms with Crippen LogP contribution in [0.5, 0.6) is 0 Å². The fraction of sp³-hybridized carbons (Fsp3) is 0.500. The van der Waals surface area contributed by atoms with Crippen LogP contribution in [0.15, 0.2) is 0 Å². The molecule has 0 aliphatic heterocycles. The third-order valence-corrected chi connectivity index (χ3v) is 1.03. The lowest BCUT2D eigenvalue weighted by Gasteiger charge is -1.91. The van der Waals surface area contributed by atoms with Crippen molar-refractivity contribution in [3.05, 3.63) is 0 Å². The zero-order valence-corrected chi connectivity index (χ0v) is 5.58. The van der Waals surface area contributed by atoms with E-state index in [1.165, 1.54) is 4.72 Å².